The third-order valence-electron chi connectivity index (χ3n) is 3.71. The van der Waals surface area contributed by atoms with Crippen molar-refractivity contribution in [1.82, 2.24) is 20.5 Å². The summed E-state index contributed by atoms with van der Waals surface area (Å²) in [5, 5.41) is 11.5. The highest BCUT2D eigenvalue weighted by Crippen LogP contribution is 2.21. The van der Waals surface area contributed by atoms with Crippen LogP contribution in [0.3, 0.4) is 0 Å². The van der Waals surface area contributed by atoms with Crippen LogP contribution in [0, 0.1) is 12.7 Å². The number of hydrogen-bond acceptors (Lipinski definition) is 3. The number of nitrogens with zero attached hydrogens (tertiary/aromatic N) is 2. The minimum absolute atomic E-state index is 0.00732. The SMILES string of the molecule is Cc1[nH]nc2ncc(CNC(C)c3ccc(Cl)c(F)c3)cc12. The number of fused-ring (bicyclic) bond motifs is 1. The molecule has 0 spiro atoms. The van der Waals surface area contributed by atoms with Crippen LogP contribution in [0.4, 0.5) is 4.39 Å². The fourth-order valence-corrected chi connectivity index (χ4v) is 2.45. The topological polar surface area (TPSA) is 53.6 Å². The zero-order chi connectivity index (χ0) is 15.7. The van der Waals surface area contributed by atoms with E-state index in [0.717, 1.165) is 22.2 Å². The average molecular weight is 319 g/mol. The standard InChI is InChI=1S/C16H16ClFN4/c1-9(12-3-4-14(17)15(18)6-12)19-7-11-5-13-10(2)21-22-16(13)20-8-11/h3-6,8-9,19H,7H2,1-2H3,(H,20,21,22). The highest BCUT2D eigenvalue weighted by Gasteiger charge is 2.09. The lowest BCUT2D eigenvalue weighted by atomic mass is 10.1. The van der Waals surface area contributed by atoms with Crippen LogP contribution in [0.1, 0.15) is 29.8 Å². The third kappa shape index (κ3) is 2.96. The molecule has 0 saturated heterocycles. The quantitative estimate of drug-likeness (QED) is 0.767. The van der Waals surface area contributed by atoms with Gasteiger partial charge in [0.05, 0.1) is 5.02 Å². The summed E-state index contributed by atoms with van der Waals surface area (Å²) in [7, 11) is 0. The molecule has 2 heterocycles. The Morgan fingerprint density at radius 3 is 2.95 bits per heavy atom. The van der Waals surface area contributed by atoms with Crippen LogP contribution >= 0.6 is 11.6 Å². The first kappa shape index (κ1) is 14.9. The number of hydrogen-bond donors (Lipinski definition) is 2. The van der Waals surface area contributed by atoms with Gasteiger partial charge in [0.1, 0.15) is 5.82 Å². The number of halogens is 2. The second-order valence-electron chi connectivity index (χ2n) is 5.34. The molecule has 0 saturated carbocycles. The maximum absolute atomic E-state index is 13.5. The maximum Gasteiger partial charge on any atom is 0.181 e. The van der Waals surface area contributed by atoms with Crippen molar-refractivity contribution in [2.45, 2.75) is 26.4 Å². The zero-order valence-corrected chi connectivity index (χ0v) is 13.1. The van der Waals surface area contributed by atoms with Crippen molar-refractivity contribution in [3.05, 3.63) is 58.1 Å². The molecule has 3 rings (SSSR count). The van der Waals surface area contributed by atoms with Crippen LogP contribution in [0.25, 0.3) is 11.0 Å². The largest absolute Gasteiger partial charge is 0.306 e. The molecule has 0 aliphatic carbocycles. The van der Waals surface area contributed by atoms with Gasteiger partial charge in [0.2, 0.25) is 0 Å². The fraction of sp³-hybridized carbons (Fsp3) is 0.250. The van der Waals surface area contributed by atoms with E-state index in [1.165, 1.54) is 6.07 Å². The Hall–Kier alpha value is -1.98. The van der Waals surface area contributed by atoms with Crippen LogP contribution in [0.2, 0.25) is 5.02 Å². The predicted molar refractivity (Wildman–Crippen MR) is 85.3 cm³/mol. The van der Waals surface area contributed by atoms with Crippen molar-refractivity contribution in [3.8, 4) is 0 Å². The first-order valence-corrected chi connectivity index (χ1v) is 7.40. The Morgan fingerprint density at radius 2 is 2.18 bits per heavy atom. The van der Waals surface area contributed by atoms with Crippen LogP contribution in [-0.2, 0) is 6.54 Å². The van der Waals surface area contributed by atoms with Crippen molar-refractivity contribution in [2.75, 3.05) is 0 Å². The number of nitrogens with one attached hydrogen (secondary N) is 2. The van der Waals surface area contributed by atoms with Gasteiger partial charge in [0, 0.05) is 29.9 Å². The minimum Gasteiger partial charge on any atom is -0.306 e. The molecule has 114 valence electrons. The molecule has 4 nitrogen and oxygen atoms in total. The molecule has 22 heavy (non-hydrogen) atoms. The Bertz CT molecular complexity index is 815. The van der Waals surface area contributed by atoms with Crippen molar-refractivity contribution >= 4 is 22.6 Å². The molecule has 0 aliphatic rings. The summed E-state index contributed by atoms with van der Waals surface area (Å²) in [6.07, 6.45) is 1.80. The summed E-state index contributed by atoms with van der Waals surface area (Å²) in [6.45, 7) is 4.59. The molecule has 2 aromatic heterocycles. The number of rotatable bonds is 4. The number of pyridine rings is 1. The second kappa shape index (κ2) is 6.02. The van der Waals surface area contributed by atoms with Gasteiger partial charge < -0.3 is 5.32 Å². The van der Waals surface area contributed by atoms with Crippen molar-refractivity contribution in [2.24, 2.45) is 0 Å². The van der Waals surface area contributed by atoms with Gasteiger partial charge in [-0.25, -0.2) is 9.37 Å². The first-order chi connectivity index (χ1) is 10.5. The van der Waals surface area contributed by atoms with E-state index in [0.29, 0.717) is 12.2 Å². The van der Waals surface area contributed by atoms with E-state index >= 15 is 0 Å². The van der Waals surface area contributed by atoms with E-state index in [2.05, 4.69) is 26.6 Å². The smallest absolute Gasteiger partial charge is 0.181 e. The fourth-order valence-electron chi connectivity index (χ4n) is 2.33. The number of benzene rings is 1. The van der Waals surface area contributed by atoms with Gasteiger partial charge in [-0.2, -0.15) is 5.10 Å². The summed E-state index contributed by atoms with van der Waals surface area (Å²) in [5.41, 5.74) is 3.62. The number of H-pyrrole nitrogens is 1. The van der Waals surface area contributed by atoms with Gasteiger partial charge in [0.15, 0.2) is 5.65 Å². The van der Waals surface area contributed by atoms with E-state index in [1.807, 2.05) is 19.9 Å². The summed E-state index contributed by atoms with van der Waals surface area (Å²) < 4.78 is 13.5. The lowest BCUT2D eigenvalue weighted by Crippen LogP contribution is -2.18. The maximum atomic E-state index is 13.5. The highest BCUT2D eigenvalue weighted by molar-refractivity contribution is 6.30. The van der Waals surface area contributed by atoms with E-state index in [4.69, 9.17) is 11.6 Å². The minimum atomic E-state index is -0.398. The normalized spacial score (nSPS) is 12.7. The van der Waals surface area contributed by atoms with Gasteiger partial charge in [0.25, 0.3) is 0 Å². The molecular weight excluding hydrogens is 303 g/mol. The summed E-state index contributed by atoms with van der Waals surface area (Å²) in [4.78, 5) is 4.32. The Balaban J connectivity index is 1.72. The lowest BCUT2D eigenvalue weighted by molar-refractivity contribution is 0.565. The van der Waals surface area contributed by atoms with E-state index in [1.54, 1.807) is 12.3 Å². The van der Waals surface area contributed by atoms with Crippen LogP contribution in [0.15, 0.2) is 30.5 Å². The van der Waals surface area contributed by atoms with Gasteiger partial charge >= 0.3 is 0 Å². The second-order valence-corrected chi connectivity index (χ2v) is 5.75. The molecule has 6 heteroatoms. The van der Waals surface area contributed by atoms with Crippen molar-refractivity contribution in [3.63, 3.8) is 0 Å². The Kier molecular flexibility index (Phi) is 4.09. The van der Waals surface area contributed by atoms with Crippen molar-refractivity contribution < 1.29 is 4.39 Å². The van der Waals surface area contributed by atoms with Crippen LogP contribution in [-0.4, -0.2) is 15.2 Å². The lowest BCUT2D eigenvalue weighted by Gasteiger charge is -2.14. The molecule has 1 aromatic carbocycles. The average Bonchev–Trinajstić information content (AvgIpc) is 2.88. The molecule has 0 amide bonds. The molecule has 1 unspecified atom stereocenters. The predicted octanol–water partition coefficient (Wildman–Crippen LogP) is 3.91. The Morgan fingerprint density at radius 1 is 1.36 bits per heavy atom. The molecule has 0 aliphatic heterocycles. The monoisotopic (exact) mass is 318 g/mol. The van der Waals surface area contributed by atoms with Gasteiger partial charge in [-0.05, 0) is 43.2 Å². The van der Waals surface area contributed by atoms with Crippen LogP contribution in [0.5, 0.6) is 0 Å². The molecule has 0 bridgehead atoms. The van der Waals surface area contributed by atoms with E-state index in [-0.39, 0.29) is 11.1 Å². The van der Waals surface area contributed by atoms with Gasteiger partial charge in [-0.1, -0.05) is 17.7 Å². The number of aryl methyl sites for hydroxylation is 1. The summed E-state index contributed by atoms with van der Waals surface area (Å²) in [6, 6.07) is 6.93. The highest BCUT2D eigenvalue weighted by atomic mass is 35.5. The number of aromatic nitrogens is 3. The zero-order valence-electron chi connectivity index (χ0n) is 12.3. The van der Waals surface area contributed by atoms with Crippen molar-refractivity contribution in [1.29, 1.82) is 0 Å². The first-order valence-electron chi connectivity index (χ1n) is 7.02. The van der Waals surface area contributed by atoms with Gasteiger partial charge in [-0.3, -0.25) is 5.10 Å². The molecule has 2 N–H and O–H groups in total. The number of aromatic amines is 1. The molecule has 0 fully saturated rings. The molecular formula is C16H16ClFN4. The van der Waals surface area contributed by atoms with E-state index < -0.39 is 5.82 Å². The third-order valence-corrected chi connectivity index (χ3v) is 4.02. The Labute approximate surface area is 132 Å². The van der Waals surface area contributed by atoms with Crippen LogP contribution < -0.4 is 5.32 Å². The summed E-state index contributed by atoms with van der Waals surface area (Å²) in [5.74, 6) is -0.398. The molecule has 3 aromatic rings. The van der Waals surface area contributed by atoms with Gasteiger partial charge in [-0.15, -0.1) is 0 Å². The molecule has 1 atom stereocenters. The summed E-state index contributed by atoms with van der Waals surface area (Å²) >= 11 is 5.71. The van der Waals surface area contributed by atoms with E-state index in [9.17, 15) is 4.39 Å². The molecule has 0 radical (unpaired) electrons.